The number of nitrogens with zero attached hydrogens (tertiary/aromatic N) is 2. The number of carbonyl (C=O) groups is 1. The van der Waals surface area contributed by atoms with E-state index in [2.05, 4.69) is 15.2 Å². The standard InChI is InChI=1S/C14H16F3N3O/c15-14(16,17)12-4-3-9(8-18-12)13(21)19-10-5-7-20-6-1-2-11(10)20/h3-4,8,10-11H,1-2,5-7H2,(H,19,21)/t10-,11+/m0/s1. The molecule has 1 aromatic rings. The van der Waals surface area contributed by atoms with Crippen LogP contribution >= 0.6 is 0 Å². The minimum Gasteiger partial charge on any atom is -0.348 e. The first kappa shape index (κ1) is 14.3. The number of halogens is 3. The Morgan fingerprint density at radius 1 is 1.29 bits per heavy atom. The fourth-order valence-electron chi connectivity index (χ4n) is 3.20. The molecule has 4 nitrogen and oxygen atoms in total. The van der Waals surface area contributed by atoms with Crippen LogP contribution in [0.4, 0.5) is 13.2 Å². The molecule has 7 heteroatoms. The zero-order chi connectivity index (χ0) is 15.0. The summed E-state index contributed by atoms with van der Waals surface area (Å²) in [5.74, 6) is -0.352. The SMILES string of the molecule is O=C(N[C@H]1CCN2CCC[C@H]12)c1ccc(C(F)(F)F)nc1. The summed E-state index contributed by atoms with van der Waals surface area (Å²) in [6, 6.07) is 2.47. The molecule has 0 aromatic carbocycles. The molecule has 2 aliphatic heterocycles. The normalized spacial score (nSPS) is 25.9. The number of amides is 1. The zero-order valence-electron chi connectivity index (χ0n) is 11.4. The summed E-state index contributed by atoms with van der Waals surface area (Å²) in [4.78, 5) is 17.8. The van der Waals surface area contributed by atoms with Crippen molar-refractivity contribution in [1.82, 2.24) is 15.2 Å². The molecule has 3 heterocycles. The third-order valence-electron chi connectivity index (χ3n) is 4.24. The van der Waals surface area contributed by atoms with Crippen LogP contribution in [0.3, 0.4) is 0 Å². The molecule has 0 spiro atoms. The number of hydrogen-bond donors (Lipinski definition) is 1. The Labute approximate surface area is 120 Å². The van der Waals surface area contributed by atoms with Crippen LogP contribution in [0, 0.1) is 0 Å². The summed E-state index contributed by atoms with van der Waals surface area (Å²) < 4.78 is 37.3. The molecule has 2 fully saturated rings. The van der Waals surface area contributed by atoms with Crippen molar-refractivity contribution in [1.29, 1.82) is 0 Å². The third kappa shape index (κ3) is 2.88. The molecule has 2 saturated heterocycles. The van der Waals surface area contributed by atoms with Crippen LogP contribution in [-0.4, -0.2) is 41.0 Å². The first-order valence-electron chi connectivity index (χ1n) is 7.03. The van der Waals surface area contributed by atoms with Crippen LogP contribution in [0.2, 0.25) is 0 Å². The Kier molecular flexibility index (Phi) is 3.61. The van der Waals surface area contributed by atoms with Gasteiger partial charge in [0.2, 0.25) is 0 Å². The predicted octanol–water partition coefficient (Wildman–Crippen LogP) is 2.07. The van der Waals surface area contributed by atoms with Gasteiger partial charge in [-0.2, -0.15) is 13.2 Å². The second kappa shape index (κ2) is 5.29. The molecule has 1 N–H and O–H groups in total. The van der Waals surface area contributed by atoms with Crippen molar-refractivity contribution in [3.05, 3.63) is 29.6 Å². The molecule has 2 aliphatic rings. The molecule has 1 amide bonds. The molecule has 2 atom stereocenters. The van der Waals surface area contributed by atoms with Crippen LogP contribution in [0.1, 0.15) is 35.3 Å². The number of pyridine rings is 1. The van der Waals surface area contributed by atoms with E-state index >= 15 is 0 Å². The molecule has 3 rings (SSSR count). The highest BCUT2D eigenvalue weighted by atomic mass is 19.4. The molecule has 0 bridgehead atoms. The van der Waals surface area contributed by atoms with Gasteiger partial charge in [-0.05, 0) is 37.9 Å². The predicted molar refractivity (Wildman–Crippen MR) is 69.7 cm³/mol. The van der Waals surface area contributed by atoms with E-state index in [1.165, 1.54) is 6.07 Å². The Morgan fingerprint density at radius 2 is 2.10 bits per heavy atom. The number of hydrogen-bond acceptors (Lipinski definition) is 3. The van der Waals surface area contributed by atoms with E-state index in [0.29, 0.717) is 6.04 Å². The summed E-state index contributed by atoms with van der Waals surface area (Å²) in [7, 11) is 0. The van der Waals surface area contributed by atoms with Gasteiger partial charge in [0.05, 0.1) is 5.56 Å². The van der Waals surface area contributed by atoms with Gasteiger partial charge >= 0.3 is 6.18 Å². The average Bonchev–Trinajstić information content (AvgIpc) is 3.03. The summed E-state index contributed by atoms with van der Waals surface area (Å²) >= 11 is 0. The highest BCUT2D eigenvalue weighted by molar-refractivity contribution is 5.94. The fraction of sp³-hybridized carbons (Fsp3) is 0.571. The molecule has 0 radical (unpaired) electrons. The molecule has 0 aliphatic carbocycles. The van der Waals surface area contributed by atoms with Gasteiger partial charge in [0, 0.05) is 24.8 Å². The summed E-state index contributed by atoms with van der Waals surface area (Å²) in [5, 5.41) is 2.92. The Hall–Kier alpha value is -1.63. The quantitative estimate of drug-likeness (QED) is 0.909. The van der Waals surface area contributed by atoms with Crippen LogP contribution in [-0.2, 0) is 6.18 Å². The van der Waals surface area contributed by atoms with Crippen molar-refractivity contribution in [2.75, 3.05) is 13.1 Å². The number of rotatable bonds is 2. The van der Waals surface area contributed by atoms with Gasteiger partial charge < -0.3 is 5.32 Å². The Bertz CT molecular complexity index is 529. The molecule has 1 aromatic heterocycles. The Morgan fingerprint density at radius 3 is 2.76 bits per heavy atom. The van der Waals surface area contributed by atoms with Crippen LogP contribution < -0.4 is 5.32 Å². The topological polar surface area (TPSA) is 45.2 Å². The third-order valence-corrected chi connectivity index (χ3v) is 4.24. The largest absolute Gasteiger partial charge is 0.433 e. The molecular weight excluding hydrogens is 283 g/mol. The van der Waals surface area contributed by atoms with E-state index in [4.69, 9.17) is 0 Å². The van der Waals surface area contributed by atoms with Crippen LogP contribution in [0.25, 0.3) is 0 Å². The van der Waals surface area contributed by atoms with E-state index in [-0.39, 0.29) is 17.5 Å². The van der Waals surface area contributed by atoms with E-state index in [9.17, 15) is 18.0 Å². The second-order valence-corrected chi connectivity index (χ2v) is 5.54. The van der Waals surface area contributed by atoms with Crippen molar-refractivity contribution in [2.24, 2.45) is 0 Å². The van der Waals surface area contributed by atoms with E-state index in [1.54, 1.807) is 0 Å². The lowest BCUT2D eigenvalue weighted by molar-refractivity contribution is -0.141. The molecule has 0 saturated carbocycles. The monoisotopic (exact) mass is 299 g/mol. The lowest BCUT2D eigenvalue weighted by Gasteiger charge is -2.21. The summed E-state index contributed by atoms with van der Waals surface area (Å²) in [6.07, 6.45) is -0.399. The van der Waals surface area contributed by atoms with Gasteiger partial charge in [0.15, 0.2) is 0 Å². The first-order chi connectivity index (χ1) is 9.95. The highest BCUT2D eigenvalue weighted by Gasteiger charge is 2.38. The minimum atomic E-state index is -4.48. The lowest BCUT2D eigenvalue weighted by Crippen LogP contribution is -2.42. The number of fused-ring (bicyclic) bond motifs is 1. The lowest BCUT2D eigenvalue weighted by atomic mass is 10.1. The van der Waals surface area contributed by atoms with E-state index in [1.807, 2.05) is 0 Å². The smallest absolute Gasteiger partial charge is 0.348 e. The van der Waals surface area contributed by atoms with Gasteiger partial charge in [-0.3, -0.25) is 14.7 Å². The number of nitrogens with one attached hydrogen (secondary N) is 1. The average molecular weight is 299 g/mol. The Balaban J connectivity index is 1.65. The highest BCUT2D eigenvalue weighted by Crippen LogP contribution is 2.29. The number of alkyl halides is 3. The van der Waals surface area contributed by atoms with Crippen molar-refractivity contribution in [2.45, 2.75) is 37.5 Å². The van der Waals surface area contributed by atoms with E-state index < -0.39 is 11.9 Å². The van der Waals surface area contributed by atoms with Crippen molar-refractivity contribution in [3.63, 3.8) is 0 Å². The molecular formula is C14H16F3N3O. The molecule has 21 heavy (non-hydrogen) atoms. The zero-order valence-corrected chi connectivity index (χ0v) is 11.4. The second-order valence-electron chi connectivity index (χ2n) is 5.54. The summed E-state index contributed by atoms with van der Waals surface area (Å²) in [6.45, 7) is 2.04. The maximum atomic E-state index is 12.4. The van der Waals surface area contributed by atoms with Gasteiger partial charge in [0.25, 0.3) is 5.91 Å². The maximum absolute atomic E-state index is 12.4. The van der Waals surface area contributed by atoms with Gasteiger partial charge in [-0.15, -0.1) is 0 Å². The van der Waals surface area contributed by atoms with Crippen molar-refractivity contribution >= 4 is 5.91 Å². The van der Waals surface area contributed by atoms with Gasteiger partial charge in [-0.1, -0.05) is 0 Å². The number of carbonyl (C=O) groups excluding carboxylic acids is 1. The summed E-state index contributed by atoms with van der Waals surface area (Å²) in [5.41, 5.74) is -0.818. The van der Waals surface area contributed by atoms with Gasteiger partial charge in [0.1, 0.15) is 5.69 Å². The van der Waals surface area contributed by atoms with Crippen LogP contribution in [0.5, 0.6) is 0 Å². The van der Waals surface area contributed by atoms with E-state index in [0.717, 1.165) is 44.6 Å². The fourth-order valence-corrected chi connectivity index (χ4v) is 3.20. The molecule has 114 valence electrons. The first-order valence-corrected chi connectivity index (χ1v) is 7.03. The number of aromatic nitrogens is 1. The molecule has 0 unspecified atom stereocenters. The van der Waals surface area contributed by atoms with Gasteiger partial charge in [-0.25, -0.2) is 0 Å². The van der Waals surface area contributed by atoms with Crippen LogP contribution in [0.15, 0.2) is 18.3 Å². The maximum Gasteiger partial charge on any atom is 0.433 e. The van der Waals surface area contributed by atoms with Crippen molar-refractivity contribution < 1.29 is 18.0 Å². The minimum absolute atomic E-state index is 0.0855. The van der Waals surface area contributed by atoms with Crippen molar-refractivity contribution in [3.8, 4) is 0 Å².